The lowest BCUT2D eigenvalue weighted by Gasteiger charge is -2.46. The van der Waals surface area contributed by atoms with Crippen LogP contribution in [-0.4, -0.2) is 29.8 Å². The molecule has 3 rings (SSSR count). The molecule has 2 nitrogen and oxygen atoms in total. The topological polar surface area (TPSA) is 20.3 Å². The number of hydrogen-bond acceptors (Lipinski definition) is 2. The SMILES string of the molecule is CCc1ccc(C(=O)C2CC3CCCC(C2)N3C)cc1. The maximum atomic E-state index is 12.7. The van der Waals surface area contributed by atoms with Crippen LogP contribution in [0, 0.1) is 5.92 Å². The third-order valence-corrected chi connectivity index (χ3v) is 5.36. The second-order valence-corrected chi connectivity index (χ2v) is 6.49. The maximum Gasteiger partial charge on any atom is 0.166 e. The fourth-order valence-corrected chi connectivity index (χ4v) is 3.97. The molecule has 2 bridgehead atoms. The number of carbonyl (C=O) groups is 1. The van der Waals surface area contributed by atoms with Crippen LogP contribution >= 0.6 is 0 Å². The highest BCUT2D eigenvalue weighted by molar-refractivity contribution is 5.98. The lowest BCUT2D eigenvalue weighted by Crippen LogP contribution is -2.51. The number of carbonyl (C=O) groups excluding carboxylic acids is 1. The van der Waals surface area contributed by atoms with Crippen molar-refractivity contribution >= 4 is 5.78 Å². The zero-order valence-electron chi connectivity index (χ0n) is 12.6. The van der Waals surface area contributed by atoms with E-state index in [-0.39, 0.29) is 5.92 Å². The Hall–Kier alpha value is -1.15. The number of benzene rings is 1. The number of ketones is 1. The third kappa shape index (κ3) is 2.54. The normalized spacial score (nSPS) is 30.2. The standard InChI is InChI=1S/C18H25NO/c1-3-13-7-9-14(10-8-13)18(20)15-11-16-5-4-6-17(12-15)19(16)2/h7-10,15-17H,3-6,11-12H2,1-2H3. The molecule has 2 saturated heterocycles. The average Bonchev–Trinajstić information content (AvgIpc) is 2.46. The largest absolute Gasteiger partial charge is 0.300 e. The lowest BCUT2D eigenvalue weighted by molar-refractivity contribution is 0.0338. The molecule has 1 aromatic rings. The van der Waals surface area contributed by atoms with Crippen molar-refractivity contribution in [1.29, 1.82) is 0 Å². The summed E-state index contributed by atoms with van der Waals surface area (Å²) >= 11 is 0. The Kier molecular flexibility index (Phi) is 3.93. The Labute approximate surface area is 122 Å². The quantitative estimate of drug-likeness (QED) is 0.781. The highest BCUT2D eigenvalue weighted by Gasteiger charge is 2.38. The smallest absolute Gasteiger partial charge is 0.166 e. The average molecular weight is 271 g/mol. The number of fused-ring (bicyclic) bond motifs is 2. The molecule has 108 valence electrons. The van der Waals surface area contributed by atoms with Gasteiger partial charge in [0.15, 0.2) is 5.78 Å². The van der Waals surface area contributed by atoms with Crippen LogP contribution in [0.25, 0.3) is 0 Å². The summed E-state index contributed by atoms with van der Waals surface area (Å²) in [5, 5.41) is 0. The highest BCUT2D eigenvalue weighted by Crippen LogP contribution is 2.37. The molecule has 2 unspecified atom stereocenters. The van der Waals surface area contributed by atoms with Crippen LogP contribution in [-0.2, 0) is 6.42 Å². The van der Waals surface area contributed by atoms with Crippen LogP contribution in [0.2, 0.25) is 0 Å². The van der Waals surface area contributed by atoms with Gasteiger partial charge in [0.05, 0.1) is 0 Å². The second kappa shape index (κ2) is 5.69. The lowest BCUT2D eigenvalue weighted by atomic mass is 9.76. The number of aryl methyl sites for hydroxylation is 1. The first-order valence-electron chi connectivity index (χ1n) is 8.04. The summed E-state index contributed by atoms with van der Waals surface area (Å²) in [6, 6.07) is 9.51. The Morgan fingerprint density at radius 2 is 1.75 bits per heavy atom. The van der Waals surface area contributed by atoms with Crippen molar-refractivity contribution in [1.82, 2.24) is 4.90 Å². The van der Waals surface area contributed by atoms with Crippen LogP contribution in [0.15, 0.2) is 24.3 Å². The molecule has 0 radical (unpaired) electrons. The summed E-state index contributed by atoms with van der Waals surface area (Å²) < 4.78 is 0. The molecule has 2 heteroatoms. The highest BCUT2D eigenvalue weighted by atomic mass is 16.1. The van der Waals surface area contributed by atoms with Gasteiger partial charge < -0.3 is 4.90 Å². The third-order valence-electron chi connectivity index (χ3n) is 5.36. The number of hydrogen-bond donors (Lipinski definition) is 0. The Morgan fingerprint density at radius 3 is 2.30 bits per heavy atom. The van der Waals surface area contributed by atoms with Crippen molar-refractivity contribution in [2.24, 2.45) is 5.92 Å². The van der Waals surface area contributed by atoms with E-state index in [1.165, 1.54) is 24.8 Å². The Morgan fingerprint density at radius 1 is 1.15 bits per heavy atom. The van der Waals surface area contributed by atoms with E-state index in [0.29, 0.717) is 17.9 Å². The summed E-state index contributed by atoms with van der Waals surface area (Å²) in [4.78, 5) is 15.2. The molecule has 0 spiro atoms. The molecule has 1 aromatic carbocycles. The molecule has 2 fully saturated rings. The molecule has 2 atom stereocenters. The molecule has 0 aromatic heterocycles. The molecule has 0 aliphatic carbocycles. The van der Waals surface area contributed by atoms with E-state index < -0.39 is 0 Å². The van der Waals surface area contributed by atoms with Gasteiger partial charge in [-0.3, -0.25) is 4.79 Å². The van der Waals surface area contributed by atoms with Gasteiger partial charge in [-0.25, -0.2) is 0 Å². The van der Waals surface area contributed by atoms with Crippen LogP contribution < -0.4 is 0 Å². The zero-order chi connectivity index (χ0) is 14.1. The van der Waals surface area contributed by atoms with Crippen molar-refractivity contribution in [2.45, 2.75) is 57.5 Å². The summed E-state index contributed by atoms with van der Waals surface area (Å²) in [6.45, 7) is 2.15. The maximum absolute atomic E-state index is 12.7. The van der Waals surface area contributed by atoms with Gasteiger partial charge in [-0.1, -0.05) is 37.6 Å². The van der Waals surface area contributed by atoms with Crippen molar-refractivity contribution in [3.63, 3.8) is 0 Å². The summed E-state index contributed by atoms with van der Waals surface area (Å²) in [5.41, 5.74) is 2.22. The van der Waals surface area contributed by atoms with Gasteiger partial charge in [-0.05, 0) is 44.7 Å². The second-order valence-electron chi connectivity index (χ2n) is 6.49. The molecule has 20 heavy (non-hydrogen) atoms. The van der Waals surface area contributed by atoms with E-state index in [4.69, 9.17) is 0 Å². The Bertz CT molecular complexity index is 465. The monoisotopic (exact) mass is 271 g/mol. The zero-order valence-corrected chi connectivity index (χ0v) is 12.6. The fourth-order valence-electron chi connectivity index (χ4n) is 3.97. The molecule has 0 saturated carbocycles. The first-order valence-corrected chi connectivity index (χ1v) is 8.04. The van der Waals surface area contributed by atoms with Gasteiger partial charge in [-0.15, -0.1) is 0 Å². The van der Waals surface area contributed by atoms with Crippen LogP contribution in [0.1, 0.15) is 54.9 Å². The van der Waals surface area contributed by atoms with Crippen molar-refractivity contribution in [3.05, 3.63) is 35.4 Å². The molecule has 0 N–H and O–H groups in total. The van der Waals surface area contributed by atoms with Crippen molar-refractivity contribution in [3.8, 4) is 0 Å². The predicted molar refractivity (Wildman–Crippen MR) is 82.1 cm³/mol. The summed E-state index contributed by atoms with van der Waals surface area (Å²) in [7, 11) is 2.24. The van der Waals surface area contributed by atoms with Gasteiger partial charge >= 0.3 is 0 Å². The van der Waals surface area contributed by atoms with Gasteiger partial charge in [0.25, 0.3) is 0 Å². The van der Waals surface area contributed by atoms with Crippen molar-refractivity contribution < 1.29 is 4.79 Å². The van der Waals surface area contributed by atoms with E-state index in [2.05, 4.69) is 31.0 Å². The first kappa shape index (κ1) is 13.8. The van der Waals surface area contributed by atoms with E-state index in [1.807, 2.05) is 12.1 Å². The van der Waals surface area contributed by atoms with Crippen LogP contribution in [0.4, 0.5) is 0 Å². The minimum atomic E-state index is 0.244. The number of nitrogens with zero attached hydrogens (tertiary/aromatic N) is 1. The summed E-state index contributed by atoms with van der Waals surface area (Å²) in [6.07, 6.45) is 7.03. The summed E-state index contributed by atoms with van der Waals surface area (Å²) in [5.74, 6) is 0.617. The molecule has 2 aliphatic heterocycles. The van der Waals surface area contributed by atoms with E-state index >= 15 is 0 Å². The molecule has 0 amide bonds. The number of Topliss-reactive ketones (excluding diaryl/α,β-unsaturated/α-hetero) is 1. The van der Waals surface area contributed by atoms with Gasteiger partial charge in [0.2, 0.25) is 0 Å². The Balaban J connectivity index is 1.74. The van der Waals surface area contributed by atoms with E-state index in [1.54, 1.807) is 0 Å². The van der Waals surface area contributed by atoms with E-state index in [0.717, 1.165) is 24.8 Å². The van der Waals surface area contributed by atoms with E-state index in [9.17, 15) is 4.79 Å². The number of piperidine rings is 2. The van der Waals surface area contributed by atoms with Crippen LogP contribution in [0.3, 0.4) is 0 Å². The van der Waals surface area contributed by atoms with Gasteiger partial charge in [-0.2, -0.15) is 0 Å². The minimum absolute atomic E-state index is 0.244. The van der Waals surface area contributed by atoms with Gasteiger partial charge in [0, 0.05) is 23.6 Å². The fraction of sp³-hybridized carbons (Fsp3) is 0.611. The van der Waals surface area contributed by atoms with Crippen molar-refractivity contribution in [2.75, 3.05) is 7.05 Å². The minimum Gasteiger partial charge on any atom is -0.300 e. The molecule has 2 heterocycles. The predicted octanol–water partition coefficient (Wildman–Crippen LogP) is 3.69. The number of rotatable bonds is 3. The molecule has 2 aliphatic rings. The first-order chi connectivity index (χ1) is 9.69. The van der Waals surface area contributed by atoms with Gasteiger partial charge in [0.1, 0.15) is 0 Å². The molecular weight excluding hydrogens is 246 g/mol. The van der Waals surface area contributed by atoms with Crippen LogP contribution in [0.5, 0.6) is 0 Å². The molecular formula is C18H25NO.